The van der Waals surface area contributed by atoms with Crippen LogP contribution in [0.25, 0.3) is 0 Å². The zero-order chi connectivity index (χ0) is 25.4. The Balaban J connectivity index is 1.80. The number of hydrogen-bond donors (Lipinski definition) is 5. The van der Waals surface area contributed by atoms with E-state index >= 15 is 0 Å². The second-order valence-corrected chi connectivity index (χ2v) is 9.23. The van der Waals surface area contributed by atoms with Crippen molar-refractivity contribution >= 4 is 44.4 Å². The molecule has 0 unspecified atom stereocenters. The third kappa shape index (κ3) is 5.09. The number of pyridine rings is 1. The Morgan fingerprint density at radius 1 is 1.41 bits per heavy atom. The minimum Gasteiger partial charge on any atom is -0.503 e. The Kier molecular flexibility index (Phi) is 6.51. The molecule has 0 bridgehead atoms. The lowest BCUT2D eigenvalue weighted by atomic mass is 9.84. The van der Waals surface area contributed by atoms with Gasteiger partial charge >= 0.3 is 10.4 Å². The van der Waals surface area contributed by atoms with E-state index < -0.39 is 57.3 Å². The van der Waals surface area contributed by atoms with Gasteiger partial charge in [0.25, 0.3) is 11.8 Å². The van der Waals surface area contributed by atoms with E-state index in [0.29, 0.717) is 9.79 Å². The number of hydroxylamine groups is 2. The van der Waals surface area contributed by atoms with Crippen LogP contribution in [0.5, 0.6) is 5.75 Å². The van der Waals surface area contributed by atoms with Crippen LogP contribution in [0.15, 0.2) is 27.6 Å². The van der Waals surface area contributed by atoms with Crippen molar-refractivity contribution in [2.45, 2.75) is 32.0 Å². The quantitative estimate of drug-likeness (QED) is 0.0891. The summed E-state index contributed by atoms with van der Waals surface area (Å²) in [6.07, 6.45) is 0.740. The molecule has 0 saturated carbocycles. The molecule has 2 amide bonds. The van der Waals surface area contributed by atoms with Crippen LogP contribution in [0.2, 0.25) is 0 Å². The molecular formula is C16H18N6O10S2. The molecule has 2 aromatic heterocycles. The highest BCUT2D eigenvalue weighted by Gasteiger charge is 2.58. The van der Waals surface area contributed by atoms with Crippen molar-refractivity contribution in [2.75, 3.05) is 5.73 Å². The first-order chi connectivity index (χ1) is 15.7. The summed E-state index contributed by atoms with van der Waals surface area (Å²) in [6, 6.07) is -0.396. The van der Waals surface area contributed by atoms with Gasteiger partial charge in [-0.2, -0.15) is 18.2 Å². The van der Waals surface area contributed by atoms with Gasteiger partial charge in [-0.25, -0.2) is 4.98 Å². The lowest BCUT2D eigenvalue weighted by Crippen LogP contribution is -2.76. The molecular weight excluding hydrogens is 500 g/mol. The molecule has 16 nitrogen and oxygen atoms in total. The second-order valence-electron chi connectivity index (χ2n) is 7.34. The summed E-state index contributed by atoms with van der Waals surface area (Å²) in [5, 5.41) is 26.9. The number of aromatic nitrogens is 2. The normalized spacial score (nSPS) is 17.9. The number of nitrogens with two attached hydrogens (primary N) is 1. The van der Waals surface area contributed by atoms with Crippen molar-refractivity contribution in [1.29, 1.82) is 0 Å². The zero-order valence-electron chi connectivity index (χ0n) is 17.4. The highest BCUT2D eigenvalue weighted by molar-refractivity contribution is 7.80. The number of oxime groups is 1. The maximum atomic E-state index is 12.9. The van der Waals surface area contributed by atoms with E-state index in [2.05, 4.69) is 19.7 Å². The molecule has 0 spiro atoms. The Hall–Kier alpha value is -3.74. The topological polar surface area (TPSA) is 236 Å². The molecule has 0 radical (unpaired) electrons. The molecule has 1 aliphatic rings. The molecule has 0 aromatic carbocycles. The van der Waals surface area contributed by atoms with Crippen LogP contribution >= 0.6 is 11.3 Å². The summed E-state index contributed by atoms with van der Waals surface area (Å²) in [5.41, 5.74) is 2.85. The molecule has 34 heavy (non-hydrogen) atoms. The third-order valence-electron chi connectivity index (χ3n) is 4.56. The number of thiazole rings is 1. The summed E-state index contributed by atoms with van der Waals surface area (Å²) in [7, 11) is -4.98. The fourth-order valence-corrected chi connectivity index (χ4v) is 3.85. The van der Waals surface area contributed by atoms with Gasteiger partial charge < -0.3 is 26.2 Å². The van der Waals surface area contributed by atoms with Crippen LogP contribution in [0.1, 0.15) is 25.2 Å². The molecule has 3 rings (SSSR count). The van der Waals surface area contributed by atoms with Crippen LogP contribution in [0.4, 0.5) is 5.13 Å². The highest BCUT2D eigenvalue weighted by atomic mass is 32.3. The average molecular weight is 518 g/mol. The lowest BCUT2D eigenvalue weighted by Gasteiger charge is -2.50. The molecule has 0 aliphatic carbocycles. The van der Waals surface area contributed by atoms with Crippen molar-refractivity contribution in [3.05, 3.63) is 39.3 Å². The second kappa shape index (κ2) is 8.89. The Morgan fingerprint density at radius 3 is 2.65 bits per heavy atom. The van der Waals surface area contributed by atoms with E-state index in [0.717, 1.165) is 23.6 Å². The van der Waals surface area contributed by atoms with Gasteiger partial charge in [0.1, 0.15) is 17.4 Å². The summed E-state index contributed by atoms with van der Waals surface area (Å²) in [5.74, 6) is -2.63. The van der Waals surface area contributed by atoms with Crippen LogP contribution in [-0.4, -0.2) is 67.2 Å². The van der Waals surface area contributed by atoms with Gasteiger partial charge in [-0.3, -0.25) is 18.9 Å². The lowest BCUT2D eigenvalue weighted by molar-refractivity contribution is -0.218. The first kappa shape index (κ1) is 24.9. The van der Waals surface area contributed by atoms with E-state index in [1.165, 1.54) is 19.2 Å². The van der Waals surface area contributed by atoms with E-state index in [1.54, 1.807) is 0 Å². The molecule has 184 valence electrons. The van der Waals surface area contributed by atoms with Crippen LogP contribution in [-0.2, 0) is 35.7 Å². The highest BCUT2D eigenvalue weighted by Crippen LogP contribution is 2.32. The van der Waals surface area contributed by atoms with Gasteiger partial charge in [-0.1, -0.05) is 5.16 Å². The number of amides is 2. The number of β-lactam (4-membered cyclic amide) rings is 1. The van der Waals surface area contributed by atoms with E-state index in [1.807, 2.05) is 0 Å². The Morgan fingerprint density at radius 2 is 2.09 bits per heavy atom. The fraction of sp³-hybridized carbons (Fsp3) is 0.312. The number of anilines is 1. The predicted octanol–water partition coefficient (Wildman–Crippen LogP) is -1.41. The standard InChI is InChI=1S/C16H18N6O10S2/c1-16(2)12(14(26)22(16)32-34(28,29)30)19-13(25)11(8-6-33-15(17)18-8)20-31-5-7-3-9(23)10(24)4-21(7)27/h3-4,6,12,24,27H,5H2,1-2H3,(H2,17,18)(H,19,25)(H,28,29,30)/t12-/m1/s1. The fourth-order valence-electron chi connectivity index (χ4n) is 2.84. The molecule has 6 N–H and O–H groups in total. The van der Waals surface area contributed by atoms with Crippen LogP contribution in [0.3, 0.4) is 0 Å². The summed E-state index contributed by atoms with van der Waals surface area (Å²) < 4.78 is 35.3. The number of aromatic hydroxyl groups is 1. The average Bonchev–Trinajstić information content (AvgIpc) is 3.16. The van der Waals surface area contributed by atoms with Crippen LogP contribution in [0, 0.1) is 0 Å². The van der Waals surface area contributed by atoms with Gasteiger partial charge in [0, 0.05) is 11.4 Å². The number of nitrogens with zero attached hydrogens (tertiary/aromatic N) is 4. The molecule has 1 fully saturated rings. The number of hydrogen-bond acceptors (Lipinski definition) is 13. The summed E-state index contributed by atoms with van der Waals surface area (Å²) in [6.45, 7) is 2.22. The number of nitrogen functional groups attached to an aromatic ring is 1. The van der Waals surface area contributed by atoms with Crippen molar-refractivity contribution in [3.63, 3.8) is 0 Å². The summed E-state index contributed by atoms with van der Waals surface area (Å²) in [4.78, 5) is 45.7. The first-order valence-electron chi connectivity index (χ1n) is 9.07. The molecule has 1 saturated heterocycles. The summed E-state index contributed by atoms with van der Waals surface area (Å²) >= 11 is 0.979. The van der Waals surface area contributed by atoms with E-state index in [4.69, 9.17) is 15.1 Å². The van der Waals surface area contributed by atoms with Gasteiger partial charge in [0.15, 0.2) is 23.2 Å². The molecule has 3 heterocycles. The van der Waals surface area contributed by atoms with E-state index in [9.17, 15) is 33.1 Å². The zero-order valence-corrected chi connectivity index (χ0v) is 19.0. The first-order valence-corrected chi connectivity index (χ1v) is 11.3. The monoisotopic (exact) mass is 518 g/mol. The van der Waals surface area contributed by atoms with Gasteiger partial charge in [0.2, 0.25) is 5.43 Å². The predicted molar refractivity (Wildman–Crippen MR) is 113 cm³/mol. The maximum Gasteiger partial charge on any atom is 0.418 e. The van der Waals surface area contributed by atoms with Gasteiger partial charge in [-0.15, -0.1) is 15.6 Å². The SMILES string of the molecule is CC1(C)[C@H](NC(=O)C(=NOCc2cc(=O)c(O)cn2O)c2csc(N)n2)C(=O)N1OS(=O)(=O)O. The van der Waals surface area contributed by atoms with Crippen LogP contribution < -0.4 is 16.5 Å². The van der Waals surface area contributed by atoms with Crippen molar-refractivity contribution in [3.8, 4) is 5.75 Å². The van der Waals surface area contributed by atoms with E-state index in [-0.39, 0.29) is 16.5 Å². The number of carbonyl (C=O) groups excluding carboxylic acids is 2. The largest absolute Gasteiger partial charge is 0.503 e. The Labute approximate surface area is 194 Å². The Bertz CT molecular complexity index is 1330. The molecule has 18 heteroatoms. The number of rotatable bonds is 8. The number of carbonyl (C=O) groups is 2. The minimum atomic E-state index is -4.98. The molecule has 1 aliphatic heterocycles. The van der Waals surface area contributed by atoms with Gasteiger partial charge in [0.05, 0.1) is 11.7 Å². The molecule has 1 atom stereocenters. The number of nitrogens with one attached hydrogen (secondary N) is 1. The smallest absolute Gasteiger partial charge is 0.418 e. The van der Waals surface area contributed by atoms with Gasteiger partial charge in [-0.05, 0) is 13.8 Å². The molecule has 2 aromatic rings. The van der Waals surface area contributed by atoms with Crippen molar-refractivity contribution in [1.82, 2.24) is 20.1 Å². The minimum absolute atomic E-state index is 0.0253. The van der Waals surface area contributed by atoms with Crippen molar-refractivity contribution in [2.24, 2.45) is 5.16 Å². The maximum absolute atomic E-state index is 12.9. The third-order valence-corrected chi connectivity index (χ3v) is 5.57. The van der Waals surface area contributed by atoms with Crippen molar-refractivity contribution < 1.29 is 42.0 Å².